The molecule has 0 spiro atoms. The topological polar surface area (TPSA) is 0 Å². The van der Waals surface area contributed by atoms with Gasteiger partial charge >= 0.3 is 0 Å². The van der Waals surface area contributed by atoms with E-state index in [1.54, 1.807) is 0 Å². The minimum absolute atomic E-state index is 0.847. The van der Waals surface area contributed by atoms with Gasteiger partial charge in [-0.15, -0.1) is 12.3 Å². The van der Waals surface area contributed by atoms with Crippen LogP contribution in [0.4, 0.5) is 0 Å². The van der Waals surface area contributed by atoms with Gasteiger partial charge in [-0.1, -0.05) is 50.6 Å². The molecule has 0 saturated carbocycles. The van der Waals surface area contributed by atoms with Crippen molar-refractivity contribution in [3.63, 3.8) is 0 Å². The predicted octanol–water partition coefficient (Wildman–Crippen LogP) is 4.06. The number of hydrogen-bond acceptors (Lipinski definition) is 0. The van der Waals surface area contributed by atoms with E-state index in [2.05, 4.69) is 43.2 Å². The van der Waals surface area contributed by atoms with Crippen LogP contribution in [0.2, 0.25) is 0 Å². The Labute approximate surface area is 88.4 Å². The van der Waals surface area contributed by atoms with Gasteiger partial charge in [0.15, 0.2) is 0 Å². The lowest BCUT2D eigenvalue weighted by Gasteiger charge is -1.96. The molecule has 0 saturated heterocycles. The Balaban J connectivity index is 0.000000364. The standard InChI is InChI=1S/C10H14.C4H6/c1-2-3-7-10-8-5-4-6-9-10;1-3-4-2/h4-6,8-9H,2-3,7H2,1H3;1H,4H2,2H3. The van der Waals surface area contributed by atoms with Gasteiger partial charge in [-0.05, 0) is 18.4 Å². The molecule has 0 amide bonds. The minimum atomic E-state index is 0.847. The summed E-state index contributed by atoms with van der Waals surface area (Å²) in [6.45, 7) is 4.17. The van der Waals surface area contributed by atoms with Crippen LogP contribution in [0.3, 0.4) is 0 Å². The quantitative estimate of drug-likeness (QED) is 0.627. The maximum absolute atomic E-state index is 4.78. The maximum Gasteiger partial charge on any atom is 0.00576 e. The SMILES string of the molecule is C#CCC.CCCCc1ccccc1. The minimum Gasteiger partial charge on any atom is -0.120 e. The smallest absolute Gasteiger partial charge is 0.00576 e. The Morgan fingerprint density at radius 3 is 2.14 bits per heavy atom. The van der Waals surface area contributed by atoms with E-state index in [0.29, 0.717) is 0 Å². The molecule has 0 aliphatic carbocycles. The molecular formula is C14H20. The van der Waals surface area contributed by atoms with E-state index in [-0.39, 0.29) is 0 Å². The fraction of sp³-hybridized carbons (Fsp3) is 0.429. The molecule has 0 aliphatic rings. The zero-order valence-electron chi connectivity index (χ0n) is 9.29. The van der Waals surface area contributed by atoms with Crippen LogP contribution >= 0.6 is 0 Å². The lowest BCUT2D eigenvalue weighted by atomic mass is 10.1. The predicted molar refractivity (Wildman–Crippen MR) is 64.2 cm³/mol. The van der Waals surface area contributed by atoms with Crippen LogP contribution in [0.15, 0.2) is 30.3 Å². The largest absolute Gasteiger partial charge is 0.120 e. The molecule has 0 heteroatoms. The molecule has 0 nitrogen and oxygen atoms in total. The van der Waals surface area contributed by atoms with Gasteiger partial charge in [-0.25, -0.2) is 0 Å². The summed E-state index contributed by atoms with van der Waals surface area (Å²) in [7, 11) is 0. The number of terminal acetylenes is 1. The molecule has 0 unspecified atom stereocenters. The van der Waals surface area contributed by atoms with Crippen molar-refractivity contribution in [2.75, 3.05) is 0 Å². The molecule has 1 aromatic rings. The van der Waals surface area contributed by atoms with Crippen LogP contribution in [0, 0.1) is 12.3 Å². The maximum atomic E-state index is 4.78. The number of rotatable bonds is 3. The summed E-state index contributed by atoms with van der Waals surface area (Å²) in [6, 6.07) is 10.6. The number of benzene rings is 1. The average Bonchev–Trinajstić information content (AvgIpc) is 2.28. The first-order chi connectivity index (χ1) is 6.85. The second-order valence-corrected chi connectivity index (χ2v) is 3.15. The number of hydrogen-bond donors (Lipinski definition) is 0. The first kappa shape index (κ1) is 12.8. The molecule has 0 atom stereocenters. The van der Waals surface area contributed by atoms with E-state index >= 15 is 0 Å². The fourth-order valence-electron chi connectivity index (χ4n) is 1.03. The highest BCUT2D eigenvalue weighted by Gasteiger charge is 1.87. The Morgan fingerprint density at radius 2 is 1.71 bits per heavy atom. The van der Waals surface area contributed by atoms with Gasteiger partial charge in [-0.2, -0.15) is 0 Å². The van der Waals surface area contributed by atoms with Crippen molar-refractivity contribution in [3.8, 4) is 12.3 Å². The van der Waals surface area contributed by atoms with Crippen molar-refractivity contribution in [1.82, 2.24) is 0 Å². The van der Waals surface area contributed by atoms with Crippen molar-refractivity contribution in [2.24, 2.45) is 0 Å². The van der Waals surface area contributed by atoms with Crippen LogP contribution in [0.25, 0.3) is 0 Å². The van der Waals surface area contributed by atoms with Crippen LogP contribution < -0.4 is 0 Å². The molecule has 76 valence electrons. The van der Waals surface area contributed by atoms with Crippen LogP contribution in [-0.2, 0) is 6.42 Å². The summed E-state index contributed by atoms with van der Waals surface area (Å²) in [5, 5.41) is 0. The summed E-state index contributed by atoms with van der Waals surface area (Å²) in [5.41, 5.74) is 1.46. The number of unbranched alkanes of at least 4 members (excludes halogenated alkanes) is 1. The highest BCUT2D eigenvalue weighted by molar-refractivity contribution is 5.14. The van der Waals surface area contributed by atoms with Crippen molar-refractivity contribution in [1.29, 1.82) is 0 Å². The third-order valence-electron chi connectivity index (χ3n) is 1.87. The third-order valence-corrected chi connectivity index (χ3v) is 1.87. The highest BCUT2D eigenvalue weighted by Crippen LogP contribution is 2.03. The molecule has 14 heavy (non-hydrogen) atoms. The second kappa shape index (κ2) is 9.86. The van der Waals surface area contributed by atoms with Gasteiger partial charge in [-0.3, -0.25) is 0 Å². The molecular weight excluding hydrogens is 168 g/mol. The molecule has 0 fully saturated rings. The molecule has 1 aromatic carbocycles. The molecule has 0 N–H and O–H groups in total. The van der Waals surface area contributed by atoms with E-state index in [1.807, 2.05) is 6.92 Å². The molecule has 0 aliphatic heterocycles. The van der Waals surface area contributed by atoms with E-state index < -0.39 is 0 Å². The van der Waals surface area contributed by atoms with Crippen molar-refractivity contribution in [2.45, 2.75) is 39.5 Å². The molecule has 1 rings (SSSR count). The van der Waals surface area contributed by atoms with Crippen molar-refractivity contribution >= 4 is 0 Å². The first-order valence-corrected chi connectivity index (χ1v) is 5.32. The van der Waals surface area contributed by atoms with Crippen LogP contribution in [-0.4, -0.2) is 0 Å². The monoisotopic (exact) mass is 188 g/mol. The van der Waals surface area contributed by atoms with Gasteiger partial charge < -0.3 is 0 Å². The Bertz CT molecular complexity index is 240. The molecule has 0 radical (unpaired) electrons. The van der Waals surface area contributed by atoms with Gasteiger partial charge in [0, 0.05) is 6.42 Å². The zero-order valence-corrected chi connectivity index (χ0v) is 9.29. The van der Waals surface area contributed by atoms with E-state index in [1.165, 1.54) is 24.8 Å². The average molecular weight is 188 g/mol. The molecule has 0 bridgehead atoms. The zero-order chi connectivity index (χ0) is 10.6. The Kier molecular flexibility index (Phi) is 9.01. The summed E-state index contributed by atoms with van der Waals surface area (Å²) in [4.78, 5) is 0. The third kappa shape index (κ3) is 7.43. The summed E-state index contributed by atoms with van der Waals surface area (Å²) >= 11 is 0. The van der Waals surface area contributed by atoms with Crippen molar-refractivity contribution < 1.29 is 0 Å². The Morgan fingerprint density at radius 1 is 1.14 bits per heavy atom. The Hall–Kier alpha value is -1.22. The lowest BCUT2D eigenvalue weighted by molar-refractivity contribution is 0.795. The lowest BCUT2D eigenvalue weighted by Crippen LogP contribution is -1.81. The molecule has 0 aromatic heterocycles. The van der Waals surface area contributed by atoms with Gasteiger partial charge in [0.1, 0.15) is 0 Å². The summed E-state index contributed by atoms with van der Waals surface area (Å²) in [6.07, 6.45) is 9.45. The van der Waals surface area contributed by atoms with Crippen molar-refractivity contribution in [3.05, 3.63) is 35.9 Å². The highest BCUT2D eigenvalue weighted by atomic mass is 13.9. The number of aryl methyl sites for hydroxylation is 1. The van der Waals surface area contributed by atoms with E-state index in [4.69, 9.17) is 6.42 Å². The summed E-state index contributed by atoms with van der Waals surface area (Å²) < 4.78 is 0. The van der Waals surface area contributed by atoms with Gasteiger partial charge in [0.05, 0.1) is 0 Å². The van der Waals surface area contributed by atoms with Crippen LogP contribution in [0.5, 0.6) is 0 Å². The normalized spacial score (nSPS) is 8.36. The van der Waals surface area contributed by atoms with E-state index in [0.717, 1.165) is 6.42 Å². The van der Waals surface area contributed by atoms with Gasteiger partial charge in [0.2, 0.25) is 0 Å². The second-order valence-electron chi connectivity index (χ2n) is 3.15. The summed E-state index contributed by atoms with van der Waals surface area (Å²) in [5.74, 6) is 2.43. The van der Waals surface area contributed by atoms with E-state index in [9.17, 15) is 0 Å². The van der Waals surface area contributed by atoms with Gasteiger partial charge in [0.25, 0.3) is 0 Å². The first-order valence-electron chi connectivity index (χ1n) is 5.32. The molecule has 0 heterocycles. The fourth-order valence-corrected chi connectivity index (χ4v) is 1.03. The van der Waals surface area contributed by atoms with Crippen LogP contribution in [0.1, 0.15) is 38.7 Å².